The van der Waals surface area contributed by atoms with Crippen LogP contribution in [0.25, 0.3) is 65.2 Å². The largest absolute Gasteiger partial charge is 0.457 e. The molecule has 0 spiro atoms. The summed E-state index contributed by atoms with van der Waals surface area (Å²) in [5, 5.41) is 19.3. The summed E-state index contributed by atoms with van der Waals surface area (Å²) in [6.07, 6.45) is 1.64. The molecule has 0 unspecified atom stereocenters. The number of aromatic nitrogens is 1. The number of hydrogen-bond acceptors (Lipinski definition) is 10. The minimum absolute atomic E-state index is 0.105. The highest BCUT2D eigenvalue weighted by molar-refractivity contribution is 9.11. The fourth-order valence-corrected chi connectivity index (χ4v) is 11.2. The molecule has 0 aliphatic carbocycles. The fraction of sp³-hybridized carbons (Fsp3) is 0.0794. The Morgan fingerprint density at radius 3 is 1.15 bits per heavy atom. The van der Waals surface area contributed by atoms with E-state index < -0.39 is 12.6 Å². The summed E-state index contributed by atoms with van der Waals surface area (Å²) in [5.74, 6) is -0.00373. The standard InChI is InChI=1S/C14H11BrO3.C13H9BrN2O.C12H8Br2O.C12H9BrO2.C12H9BrO/c1-9(16)18-8-14(17)12-6-2-5-11-10(12)4-3-7-13(11)15;14-11-6-2-3-8-9(11)4-1-5-10(8)12-7-16-13(15)17-12;13-7-12(15)10-5-1-4-9-8(10)3-2-6-11(9)14;13-11-6-2-3-8-9(11)4-1-5-10(8)12(15)7-14;1-8(14)9-4-2-6-11-10(9)5-3-7-12(11)13/h2-7H,8H2,1H3;1-7H,(H2,15,16);1-6H,7H2;1-6,14H,7H2;2-7H,1H3. The lowest BCUT2D eigenvalue weighted by atomic mass is 10.0. The Balaban J connectivity index is 0.000000143. The van der Waals surface area contributed by atoms with Crippen LogP contribution in [0.3, 0.4) is 0 Å². The van der Waals surface area contributed by atoms with Gasteiger partial charge < -0.3 is 20.0 Å². The van der Waals surface area contributed by atoms with E-state index >= 15 is 0 Å². The molecule has 0 saturated carbocycles. The van der Waals surface area contributed by atoms with Crippen molar-refractivity contribution in [3.8, 4) is 11.3 Å². The number of esters is 1. The van der Waals surface area contributed by atoms with Crippen molar-refractivity contribution >= 4 is 185 Å². The molecular formula is C63H46Br6N2O8. The van der Waals surface area contributed by atoms with Crippen LogP contribution in [0.2, 0.25) is 0 Å². The number of Topliss-reactive ketones (excluding diaryl/α,β-unsaturated/α-hetero) is 4. The molecule has 79 heavy (non-hydrogen) atoms. The maximum Gasteiger partial charge on any atom is 0.303 e. The van der Waals surface area contributed by atoms with Crippen LogP contribution in [0.4, 0.5) is 6.01 Å². The minimum atomic E-state index is -0.454. The van der Waals surface area contributed by atoms with Gasteiger partial charge in [0.15, 0.2) is 29.7 Å². The minimum Gasteiger partial charge on any atom is -0.457 e. The SMILES string of the molecule is CC(=O)OCC(=O)c1cccc2c(Br)cccc12.CC(=O)c1cccc2c(Br)cccc12.Nc1ncc(-c2cccc3c(Br)cccc23)o1.O=C(CBr)c1cccc2c(Br)cccc12.O=C(CO)c1cccc2c(Br)cccc12. The topological polar surface area (TPSA) is 167 Å². The van der Waals surface area contributed by atoms with Crippen molar-refractivity contribution < 1.29 is 38.2 Å². The number of anilines is 1. The third kappa shape index (κ3) is 15.0. The number of carbonyl (C=O) groups excluding carboxylic acids is 5. The van der Waals surface area contributed by atoms with Crippen molar-refractivity contribution in [3.63, 3.8) is 0 Å². The second kappa shape index (κ2) is 28.6. The maximum atomic E-state index is 12.0. The monoisotopic (exact) mass is 1430 g/mol. The highest BCUT2D eigenvalue weighted by Crippen LogP contribution is 2.34. The summed E-state index contributed by atoms with van der Waals surface area (Å²) in [5.41, 5.74) is 9.18. The van der Waals surface area contributed by atoms with Crippen LogP contribution < -0.4 is 5.73 Å². The predicted octanol–water partition coefficient (Wildman–Crippen LogP) is 17.9. The molecule has 0 amide bonds. The van der Waals surface area contributed by atoms with Crippen molar-refractivity contribution in [2.24, 2.45) is 0 Å². The second-order valence-corrected chi connectivity index (χ2v) is 22.0. The lowest BCUT2D eigenvalue weighted by Crippen LogP contribution is -2.12. The molecule has 0 saturated heterocycles. The van der Waals surface area contributed by atoms with Gasteiger partial charge in [0.2, 0.25) is 5.78 Å². The number of rotatable bonds is 9. The molecule has 398 valence electrons. The first-order chi connectivity index (χ1) is 38.0. The highest BCUT2D eigenvalue weighted by Gasteiger charge is 2.14. The Hall–Kier alpha value is -6.50. The van der Waals surface area contributed by atoms with E-state index in [1.807, 2.05) is 164 Å². The quantitative estimate of drug-likeness (QED) is 0.0806. The molecule has 16 heteroatoms. The number of ether oxygens (including phenoxy) is 1. The summed E-state index contributed by atoms with van der Waals surface area (Å²) < 4.78 is 15.1. The number of fused-ring (bicyclic) bond motifs is 5. The number of oxazole rings is 1. The van der Waals surface area contributed by atoms with Gasteiger partial charge in [-0.15, -0.1) is 0 Å². The molecule has 11 rings (SSSR count). The van der Waals surface area contributed by atoms with Gasteiger partial charge >= 0.3 is 5.97 Å². The Labute approximate surface area is 505 Å². The lowest BCUT2D eigenvalue weighted by molar-refractivity contribution is -0.139. The Morgan fingerprint density at radius 1 is 0.456 bits per heavy atom. The molecule has 10 nitrogen and oxygen atoms in total. The van der Waals surface area contributed by atoms with Crippen molar-refractivity contribution in [1.29, 1.82) is 0 Å². The molecule has 1 aromatic heterocycles. The van der Waals surface area contributed by atoms with Crippen LogP contribution in [-0.4, -0.2) is 57.7 Å². The first-order valence-electron chi connectivity index (χ1n) is 24.0. The molecule has 0 bridgehead atoms. The van der Waals surface area contributed by atoms with Gasteiger partial charge in [0.25, 0.3) is 6.01 Å². The lowest BCUT2D eigenvalue weighted by Gasteiger charge is -2.07. The van der Waals surface area contributed by atoms with E-state index in [4.69, 9.17) is 20.0 Å². The zero-order valence-corrected chi connectivity index (χ0v) is 51.6. The molecule has 0 aliphatic rings. The molecule has 1 heterocycles. The summed E-state index contributed by atoms with van der Waals surface area (Å²) in [4.78, 5) is 61.1. The zero-order chi connectivity index (χ0) is 56.8. The number of halogens is 6. The van der Waals surface area contributed by atoms with Gasteiger partial charge in [0, 0.05) is 57.1 Å². The smallest absolute Gasteiger partial charge is 0.303 e. The number of nitrogen functional groups attached to an aromatic ring is 1. The van der Waals surface area contributed by atoms with E-state index in [2.05, 4.69) is 107 Å². The third-order valence-corrected chi connectivity index (χ3v) is 16.1. The van der Waals surface area contributed by atoms with E-state index in [0.29, 0.717) is 22.2 Å². The van der Waals surface area contributed by atoms with E-state index in [1.54, 1.807) is 25.3 Å². The normalized spacial score (nSPS) is 10.5. The van der Waals surface area contributed by atoms with Gasteiger partial charge in [-0.1, -0.05) is 247 Å². The molecule has 0 aliphatic heterocycles. The van der Waals surface area contributed by atoms with Crippen LogP contribution in [0.5, 0.6) is 0 Å². The van der Waals surface area contributed by atoms with E-state index in [0.717, 1.165) is 92.9 Å². The second-order valence-electron chi connectivity index (χ2n) is 17.2. The summed E-state index contributed by atoms with van der Waals surface area (Å²) in [6, 6.07) is 57.9. The van der Waals surface area contributed by atoms with Gasteiger partial charge in [-0.3, -0.25) is 24.0 Å². The van der Waals surface area contributed by atoms with Gasteiger partial charge in [-0.05, 0) is 91.1 Å². The summed E-state index contributed by atoms with van der Waals surface area (Å²) >= 11 is 20.6. The first kappa shape index (κ1) is 60.1. The number of nitrogens with two attached hydrogens (primary N) is 1. The molecule has 10 aromatic carbocycles. The van der Waals surface area contributed by atoms with Crippen molar-refractivity contribution in [3.05, 3.63) is 233 Å². The number of aliphatic hydroxyl groups excluding tert-OH is 1. The van der Waals surface area contributed by atoms with Crippen LogP contribution in [0, 0.1) is 0 Å². The number of benzene rings is 10. The number of nitrogens with zero attached hydrogens (tertiary/aromatic N) is 1. The Kier molecular flexibility index (Phi) is 21.8. The van der Waals surface area contributed by atoms with Crippen LogP contribution >= 0.6 is 95.6 Å². The maximum absolute atomic E-state index is 12.0. The summed E-state index contributed by atoms with van der Waals surface area (Å²) in [7, 11) is 0. The number of aliphatic hydroxyl groups is 1. The van der Waals surface area contributed by atoms with Crippen molar-refractivity contribution in [1.82, 2.24) is 4.98 Å². The van der Waals surface area contributed by atoms with Gasteiger partial charge in [-0.2, -0.15) is 0 Å². The average molecular weight is 1440 g/mol. The Morgan fingerprint density at radius 2 is 0.785 bits per heavy atom. The summed E-state index contributed by atoms with van der Waals surface area (Å²) in [6.45, 7) is 2.20. The molecule has 11 aromatic rings. The van der Waals surface area contributed by atoms with E-state index in [1.165, 1.54) is 6.92 Å². The van der Waals surface area contributed by atoms with Gasteiger partial charge in [0.1, 0.15) is 6.61 Å². The van der Waals surface area contributed by atoms with Gasteiger partial charge in [0.05, 0.1) is 11.5 Å². The molecule has 0 radical (unpaired) electrons. The van der Waals surface area contributed by atoms with E-state index in [9.17, 15) is 24.0 Å². The number of hydrogen-bond donors (Lipinski definition) is 2. The van der Waals surface area contributed by atoms with Crippen LogP contribution in [0.15, 0.2) is 215 Å². The third-order valence-electron chi connectivity index (χ3n) is 12.1. The first-order valence-corrected chi connectivity index (χ1v) is 29.1. The van der Waals surface area contributed by atoms with Crippen LogP contribution in [0.1, 0.15) is 55.3 Å². The average Bonchev–Trinajstić information content (AvgIpc) is 3.94. The van der Waals surface area contributed by atoms with Crippen molar-refractivity contribution in [2.75, 3.05) is 24.3 Å². The molecule has 0 fully saturated rings. The van der Waals surface area contributed by atoms with E-state index in [-0.39, 0.29) is 35.8 Å². The van der Waals surface area contributed by atoms with Crippen LogP contribution in [-0.2, 0) is 9.53 Å². The number of carbonyl (C=O) groups is 5. The molecular weight excluding hydrogens is 1390 g/mol. The highest BCUT2D eigenvalue weighted by atomic mass is 79.9. The molecule has 0 atom stereocenters. The zero-order valence-electron chi connectivity index (χ0n) is 42.1. The fourth-order valence-electron chi connectivity index (χ4n) is 8.42. The predicted molar refractivity (Wildman–Crippen MR) is 339 cm³/mol. The number of alkyl halides is 1. The number of ketones is 4. The van der Waals surface area contributed by atoms with Crippen molar-refractivity contribution in [2.45, 2.75) is 13.8 Å². The Bertz CT molecular complexity index is 3970. The molecule has 3 N–H and O–H groups in total. The van der Waals surface area contributed by atoms with Gasteiger partial charge in [-0.25, -0.2) is 4.98 Å².